The Hall–Kier alpha value is -1.76. The largest absolute Gasteiger partial charge is 0.444 e. The molecular weight excluding hydrogens is 268 g/mol. The van der Waals surface area contributed by atoms with Crippen molar-refractivity contribution < 1.29 is 17.9 Å². The second-order valence-electron chi connectivity index (χ2n) is 5.05. The zero-order valence-corrected chi connectivity index (χ0v) is 12.2. The second-order valence-corrected chi connectivity index (χ2v) is 6.80. The molecule has 0 aliphatic heterocycles. The summed E-state index contributed by atoms with van der Waals surface area (Å²) in [7, 11) is -3.41. The fourth-order valence-electron chi connectivity index (χ4n) is 1.29. The van der Waals surface area contributed by atoms with E-state index in [9.17, 15) is 13.2 Å². The van der Waals surface area contributed by atoms with Crippen LogP contribution in [0, 0.1) is 0 Å². The number of hydrogen-bond donors (Lipinski definition) is 2. The molecule has 0 radical (unpaired) electrons. The summed E-state index contributed by atoms with van der Waals surface area (Å²) in [5.74, 6) is 0. The summed E-state index contributed by atoms with van der Waals surface area (Å²) in [6.07, 6.45) is 0.396. The SMILES string of the molecule is CC(C)(C)OC(=O)Nc1ccccc1NS(C)(=O)=O. The highest BCUT2D eigenvalue weighted by Crippen LogP contribution is 2.22. The van der Waals surface area contributed by atoms with Crippen molar-refractivity contribution in [1.29, 1.82) is 0 Å². The minimum atomic E-state index is -3.41. The van der Waals surface area contributed by atoms with E-state index in [2.05, 4.69) is 10.0 Å². The number of amides is 1. The van der Waals surface area contributed by atoms with Gasteiger partial charge in [0.05, 0.1) is 17.6 Å². The van der Waals surface area contributed by atoms with Crippen LogP contribution in [0.1, 0.15) is 20.8 Å². The normalized spacial score (nSPS) is 11.8. The molecule has 0 aliphatic carbocycles. The van der Waals surface area contributed by atoms with Gasteiger partial charge in [0.25, 0.3) is 0 Å². The topological polar surface area (TPSA) is 84.5 Å². The lowest BCUT2D eigenvalue weighted by molar-refractivity contribution is 0.0636. The number of rotatable bonds is 3. The Morgan fingerprint density at radius 1 is 1.16 bits per heavy atom. The molecule has 0 spiro atoms. The Morgan fingerprint density at radius 2 is 1.68 bits per heavy atom. The Morgan fingerprint density at radius 3 is 2.16 bits per heavy atom. The Balaban J connectivity index is 2.87. The fraction of sp³-hybridized carbons (Fsp3) is 0.417. The van der Waals surface area contributed by atoms with Gasteiger partial charge in [-0.3, -0.25) is 10.0 Å². The zero-order chi connectivity index (χ0) is 14.7. The van der Waals surface area contributed by atoms with Gasteiger partial charge in [-0.15, -0.1) is 0 Å². The lowest BCUT2D eigenvalue weighted by Crippen LogP contribution is -2.27. The van der Waals surface area contributed by atoms with Crippen molar-refractivity contribution in [2.45, 2.75) is 26.4 Å². The van der Waals surface area contributed by atoms with Crippen LogP contribution in [0.4, 0.5) is 16.2 Å². The van der Waals surface area contributed by atoms with Gasteiger partial charge in [0, 0.05) is 0 Å². The molecule has 0 atom stereocenters. The molecule has 1 amide bonds. The van der Waals surface area contributed by atoms with Crippen LogP contribution in [0.25, 0.3) is 0 Å². The van der Waals surface area contributed by atoms with E-state index in [1.165, 1.54) is 0 Å². The zero-order valence-electron chi connectivity index (χ0n) is 11.4. The predicted molar refractivity (Wildman–Crippen MR) is 74.8 cm³/mol. The molecule has 0 aromatic heterocycles. The molecule has 0 saturated heterocycles. The van der Waals surface area contributed by atoms with Crippen molar-refractivity contribution in [2.75, 3.05) is 16.3 Å². The third kappa shape index (κ3) is 6.10. The van der Waals surface area contributed by atoms with Gasteiger partial charge < -0.3 is 4.74 Å². The maximum atomic E-state index is 11.6. The van der Waals surface area contributed by atoms with Crippen molar-refractivity contribution in [3.05, 3.63) is 24.3 Å². The van der Waals surface area contributed by atoms with E-state index in [1.54, 1.807) is 45.0 Å². The molecule has 7 heteroatoms. The van der Waals surface area contributed by atoms with Crippen molar-refractivity contribution in [2.24, 2.45) is 0 Å². The maximum Gasteiger partial charge on any atom is 0.412 e. The van der Waals surface area contributed by atoms with E-state index < -0.39 is 21.7 Å². The van der Waals surface area contributed by atoms with Gasteiger partial charge in [-0.25, -0.2) is 13.2 Å². The van der Waals surface area contributed by atoms with E-state index in [4.69, 9.17) is 4.74 Å². The Bertz CT molecular complexity index is 561. The van der Waals surface area contributed by atoms with Gasteiger partial charge in [0.1, 0.15) is 5.60 Å². The van der Waals surface area contributed by atoms with Crippen molar-refractivity contribution in [1.82, 2.24) is 0 Å². The second kappa shape index (κ2) is 5.48. The number of anilines is 2. The molecule has 0 fully saturated rings. The molecule has 0 aliphatic rings. The highest BCUT2D eigenvalue weighted by atomic mass is 32.2. The minimum Gasteiger partial charge on any atom is -0.444 e. The molecule has 0 unspecified atom stereocenters. The smallest absolute Gasteiger partial charge is 0.412 e. The van der Waals surface area contributed by atoms with E-state index in [-0.39, 0.29) is 5.69 Å². The monoisotopic (exact) mass is 286 g/mol. The van der Waals surface area contributed by atoms with Crippen LogP contribution in [0.2, 0.25) is 0 Å². The van der Waals surface area contributed by atoms with Gasteiger partial charge in [0.15, 0.2) is 0 Å². The van der Waals surface area contributed by atoms with Crippen LogP contribution in [0.15, 0.2) is 24.3 Å². The third-order valence-electron chi connectivity index (χ3n) is 1.86. The van der Waals surface area contributed by atoms with Crippen LogP contribution in [-0.4, -0.2) is 26.4 Å². The number of benzene rings is 1. The molecule has 0 saturated carbocycles. The van der Waals surface area contributed by atoms with Gasteiger partial charge >= 0.3 is 6.09 Å². The number of carbonyl (C=O) groups excluding carboxylic acids is 1. The molecule has 106 valence electrons. The Kier molecular flexibility index (Phi) is 4.41. The first kappa shape index (κ1) is 15.3. The molecule has 0 heterocycles. The van der Waals surface area contributed by atoms with Crippen LogP contribution in [0.3, 0.4) is 0 Å². The lowest BCUT2D eigenvalue weighted by Gasteiger charge is -2.20. The van der Waals surface area contributed by atoms with Crippen molar-refractivity contribution in [3.63, 3.8) is 0 Å². The third-order valence-corrected chi connectivity index (χ3v) is 2.45. The van der Waals surface area contributed by atoms with E-state index in [0.717, 1.165) is 6.26 Å². The van der Waals surface area contributed by atoms with Gasteiger partial charge in [-0.2, -0.15) is 0 Å². The summed E-state index contributed by atoms with van der Waals surface area (Å²) in [6.45, 7) is 5.23. The van der Waals surface area contributed by atoms with E-state index >= 15 is 0 Å². The van der Waals surface area contributed by atoms with Crippen LogP contribution >= 0.6 is 0 Å². The summed E-state index contributed by atoms with van der Waals surface area (Å²) < 4.78 is 29.8. The first-order chi connectivity index (χ1) is 8.57. The highest BCUT2D eigenvalue weighted by Gasteiger charge is 2.17. The quantitative estimate of drug-likeness (QED) is 0.893. The molecule has 2 N–H and O–H groups in total. The molecule has 6 nitrogen and oxygen atoms in total. The number of nitrogens with one attached hydrogen (secondary N) is 2. The molecule has 1 aromatic rings. The fourth-order valence-corrected chi connectivity index (χ4v) is 1.87. The Labute approximate surface area is 113 Å². The van der Waals surface area contributed by atoms with Gasteiger partial charge in [-0.05, 0) is 32.9 Å². The van der Waals surface area contributed by atoms with Gasteiger partial charge in [-0.1, -0.05) is 12.1 Å². The molecule has 1 rings (SSSR count). The number of carbonyl (C=O) groups is 1. The average molecular weight is 286 g/mol. The number of ether oxygens (including phenoxy) is 1. The summed E-state index contributed by atoms with van der Waals surface area (Å²) in [6, 6.07) is 6.47. The summed E-state index contributed by atoms with van der Waals surface area (Å²) in [5.41, 5.74) is 0.00144. The maximum absolute atomic E-state index is 11.6. The lowest BCUT2D eigenvalue weighted by atomic mass is 10.2. The van der Waals surface area contributed by atoms with Crippen LogP contribution in [-0.2, 0) is 14.8 Å². The van der Waals surface area contributed by atoms with Gasteiger partial charge in [0.2, 0.25) is 10.0 Å². The molecule has 19 heavy (non-hydrogen) atoms. The summed E-state index contributed by atoms with van der Waals surface area (Å²) in [4.78, 5) is 11.6. The molecule has 1 aromatic carbocycles. The number of para-hydroxylation sites is 2. The predicted octanol–water partition coefficient (Wildman–Crippen LogP) is 2.41. The first-order valence-corrected chi connectivity index (χ1v) is 7.53. The summed E-state index contributed by atoms with van der Waals surface area (Å²) in [5, 5.41) is 2.50. The van der Waals surface area contributed by atoms with E-state index in [0.29, 0.717) is 5.69 Å². The van der Waals surface area contributed by atoms with Crippen molar-refractivity contribution >= 4 is 27.5 Å². The van der Waals surface area contributed by atoms with Crippen LogP contribution in [0.5, 0.6) is 0 Å². The van der Waals surface area contributed by atoms with Crippen LogP contribution < -0.4 is 10.0 Å². The average Bonchev–Trinajstić information content (AvgIpc) is 2.15. The minimum absolute atomic E-state index is 0.288. The number of sulfonamides is 1. The number of hydrogen-bond acceptors (Lipinski definition) is 4. The standard InChI is InChI=1S/C12H18N2O4S/c1-12(2,3)18-11(15)13-9-7-5-6-8-10(9)14-19(4,16)17/h5-8,14H,1-4H3,(H,13,15). The first-order valence-electron chi connectivity index (χ1n) is 5.64. The summed E-state index contributed by atoms with van der Waals surface area (Å²) >= 11 is 0. The molecular formula is C12H18N2O4S. The van der Waals surface area contributed by atoms with E-state index in [1.807, 2.05) is 0 Å². The van der Waals surface area contributed by atoms with Crippen molar-refractivity contribution in [3.8, 4) is 0 Å². The molecule has 0 bridgehead atoms. The highest BCUT2D eigenvalue weighted by molar-refractivity contribution is 7.92.